The number of hydrogen-bond donors (Lipinski definition) is 1. The van der Waals surface area contributed by atoms with E-state index in [0.717, 1.165) is 4.68 Å². The zero-order chi connectivity index (χ0) is 24.5. The lowest BCUT2D eigenvalue weighted by Gasteiger charge is -2.16. The first kappa shape index (κ1) is 23.7. The van der Waals surface area contributed by atoms with Crippen molar-refractivity contribution in [2.75, 3.05) is 7.11 Å². The molecule has 1 heterocycles. The van der Waals surface area contributed by atoms with E-state index in [1.807, 2.05) is 0 Å². The molecule has 0 aliphatic carbocycles. The van der Waals surface area contributed by atoms with Crippen LogP contribution in [0.1, 0.15) is 27.3 Å². The maximum atomic E-state index is 15.4. The molecule has 10 heteroatoms. The predicted molar refractivity (Wildman–Crippen MR) is 124 cm³/mol. The van der Waals surface area contributed by atoms with E-state index >= 15 is 8.78 Å². The summed E-state index contributed by atoms with van der Waals surface area (Å²) in [5, 5.41) is 17.6. The minimum absolute atomic E-state index is 0.0506. The minimum Gasteiger partial charge on any atom is -0.497 e. The second-order valence-corrected chi connectivity index (χ2v) is 8.19. The second kappa shape index (κ2) is 9.40. The molecule has 0 atom stereocenters. The number of nitrogens with zero attached hydrogens (tertiary/aromatic N) is 3. The van der Waals surface area contributed by atoms with Gasteiger partial charge in [-0.2, -0.15) is 8.78 Å². The average molecular weight is 504 g/mol. The minimum atomic E-state index is -3.69. The molecule has 4 rings (SSSR count). The van der Waals surface area contributed by atoms with Gasteiger partial charge in [0.15, 0.2) is 11.4 Å². The number of aromatic carboxylic acids is 1. The van der Waals surface area contributed by atoms with Crippen molar-refractivity contribution in [2.45, 2.75) is 12.5 Å². The molecule has 0 amide bonds. The number of carbonyl (C=O) groups is 1. The number of methoxy groups -OCH3 is 1. The topological polar surface area (TPSA) is 77.2 Å². The van der Waals surface area contributed by atoms with E-state index in [2.05, 4.69) is 10.3 Å². The van der Waals surface area contributed by atoms with Gasteiger partial charge in [0.1, 0.15) is 5.75 Å². The van der Waals surface area contributed by atoms with Gasteiger partial charge in [-0.3, -0.25) is 0 Å². The highest BCUT2D eigenvalue weighted by atomic mass is 35.5. The molecule has 3 aromatic carbocycles. The molecule has 0 fully saturated rings. The Hall–Kier alpha value is -3.49. The Balaban J connectivity index is 1.66. The summed E-state index contributed by atoms with van der Waals surface area (Å²) in [6.07, 6.45) is 0. The van der Waals surface area contributed by atoms with Gasteiger partial charge in [0.25, 0.3) is 0 Å². The van der Waals surface area contributed by atoms with Gasteiger partial charge in [0.05, 0.1) is 23.7 Å². The van der Waals surface area contributed by atoms with Crippen LogP contribution in [0.15, 0.2) is 66.7 Å². The molecule has 1 N–H and O–H groups in total. The van der Waals surface area contributed by atoms with Crippen LogP contribution in [0.4, 0.5) is 8.78 Å². The monoisotopic (exact) mass is 503 g/mol. The first-order chi connectivity index (χ1) is 16.2. The number of benzene rings is 3. The Bertz CT molecular complexity index is 1340. The predicted octanol–water partition coefficient (Wildman–Crippen LogP) is 6.15. The summed E-state index contributed by atoms with van der Waals surface area (Å²) in [6, 6.07) is 17.1. The Kier molecular flexibility index (Phi) is 6.54. The molecule has 0 spiro atoms. The van der Waals surface area contributed by atoms with Gasteiger partial charge in [-0.25, -0.2) is 9.48 Å². The molecule has 0 saturated carbocycles. The van der Waals surface area contributed by atoms with Gasteiger partial charge < -0.3 is 9.84 Å². The normalized spacial score (nSPS) is 11.4. The summed E-state index contributed by atoms with van der Waals surface area (Å²) in [4.78, 5) is 11.9. The van der Waals surface area contributed by atoms with Crippen LogP contribution in [0.2, 0.25) is 10.0 Å². The molecule has 0 bridgehead atoms. The number of ether oxygens (including phenoxy) is 1. The van der Waals surface area contributed by atoms with Crippen LogP contribution < -0.4 is 4.74 Å². The summed E-state index contributed by atoms with van der Waals surface area (Å²) in [5.74, 6) is -4.64. The number of aromatic nitrogens is 3. The van der Waals surface area contributed by atoms with Crippen LogP contribution in [-0.2, 0) is 12.5 Å². The van der Waals surface area contributed by atoms with Crippen LogP contribution in [0, 0.1) is 0 Å². The highest BCUT2D eigenvalue weighted by Crippen LogP contribution is 2.38. The van der Waals surface area contributed by atoms with E-state index in [0.29, 0.717) is 32.5 Å². The third kappa shape index (κ3) is 4.60. The molecule has 0 radical (unpaired) electrons. The molecule has 0 saturated heterocycles. The van der Waals surface area contributed by atoms with Crippen molar-refractivity contribution in [3.63, 3.8) is 0 Å². The Morgan fingerprint density at radius 1 is 1.00 bits per heavy atom. The number of hydrogen-bond acceptors (Lipinski definition) is 4. The fourth-order valence-electron chi connectivity index (χ4n) is 3.44. The molecule has 1 aromatic heterocycles. The van der Waals surface area contributed by atoms with Crippen LogP contribution in [-0.4, -0.2) is 33.2 Å². The zero-order valence-electron chi connectivity index (χ0n) is 17.7. The zero-order valence-corrected chi connectivity index (χ0v) is 19.2. The summed E-state index contributed by atoms with van der Waals surface area (Å²) in [5.41, 5.74) is -0.0600. The van der Waals surface area contributed by atoms with Crippen LogP contribution in [0.25, 0.3) is 11.1 Å². The van der Waals surface area contributed by atoms with Crippen LogP contribution >= 0.6 is 23.2 Å². The molecule has 0 unspecified atom stereocenters. The third-order valence-electron chi connectivity index (χ3n) is 5.23. The van der Waals surface area contributed by atoms with E-state index < -0.39 is 28.8 Å². The van der Waals surface area contributed by atoms with Gasteiger partial charge in [-0.1, -0.05) is 70.9 Å². The lowest BCUT2D eigenvalue weighted by Crippen LogP contribution is -2.21. The van der Waals surface area contributed by atoms with Gasteiger partial charge in [-0.15, -0.1) is 5.10 Å². The summed E-state index contributed by atoms with van der Waals surface area (Å²) >= 11 is 12.0. The Morgan fingerprint density at radius 2 is 1.65 bits per heavy atom. The average Bonchev–Trinajstić information content (AvgIpc) is 3.26. The number of alkyl halides is 2. The maximum Gasteiger partial charge on any atom is 0.356 e. The highest BCUT2D eigenvalue weighted by Gasteiger charge is 2.42. The Morgan fingerprint density at radius 3 is 2.24 bits per heavy atom. The molecule has 34 heavy (non-hydrogen) atoms. The van der Waals surface area contributed by atoms with Crippen molar-refractivity contribution in [1.82, 2.24) is 15.0 Å². The van der Waals surface area contributed by atoms with Crippen LogP contribution in [0.3, 0.4) is 0 Å². The summed E-state index contributed by atoms with van der Waals surface area (Å²) in [7, 11) is 1.51. The molecule has 0 aliphatic rings. The van der Waals surface area contributed by atoms with Crippen molar-refractivity contribution in [1.29, 1.82) is 0 Å². The standard InChI is InChI=1S/C24H17Cl2F2N3O3/c1-34-18-9-2-14(3-10-18)13-31-21(23(32)33)22(29-30-31)24(27,28)17-7-4-15(5-8-17)16-6-11-19(25)20(26)12-16/h2-12H,13H2,1H3,(H,32,33). The number of carboxylic acids is 1. The molecular formula is C24H17Cl2F2N3O3. The van der Waals surface area contributed by atoms with Crippen molar-refractivity contribution < 1.29 is 23.4 Å². The molecule has 0 aliphatic heterocycles. The first-order valence-electron chi connectivity index (χ1n) is 9.94. The molecular weight excluding hydrogens is 487 g/mol. The van der Waals surface area contributed by atoms with E-state index in [1.165, 1.54) is 31.4 Å². The number of halogens is 4. The lowest BCUT2D eigenvalue weighted by atomic mass is 9.99. The van der Waals surface area contributed by atoms with Crippen molar-refractivity contribution >= 4 is 29.2 Å². The SMILES string of the molecule is COc1ccc(Cn2nnc(C(F)(F)c3ccc(-c4ccc(Cl)c(Cl)c4)cc3)c2C(=O)O)cc1. The smallest absolute Gasteiger partial charge is 0.356 e. The fourth-order valence-corrected chi connectivity index (χ4v) is 3.73. The third-order valence-corrected chi connectivity index (χ3v) is 5.97. The van der Waals surface area contributed by atoms with E-state index in [9.17, 15) is 9.90 Å². The van der Waals surface area contributed by atoms with Gasteiger partial charge in [-0.05, 0) is 41.0 Å². The van der Waals surface area contributed by atoms with E-state index in [1.54, 1.807) is 42.5 Å². The van der Waals surface area contributed by atoms with Crippen molar-refractivity contribution in [2.24, 2.45) is 0 Å². The maximum absolute atomic E-state index is 15.4. The summed E-state index contributed by atoms with van der Waals surface area (Å²) < 4.78 is 36.8. The number of carboxylic acid groups (broad SMARTS) is 1. The van der Waals surface area contributed by atoms with Gasteiger partial charge >= 0.3 is 11.9 Å². The Labute approximate surface area is 203 Å². The fraction of sp³-hybridized carbons (Fsp3) is 0.125. The van der Waals surface area contributed by atoms with Gasteiger partial charge in [0, 0.05) is 5.56 Å². The first-order valence-corrected chi connectivity index (χ1v) is 10.7. The molecule has 174 valence electrons. The van der Waals surface area contributed by atoms with E-state index in [-0.39, 0.29) is 6.54 Å². The largest absolute Gasteiger partial charge is 0.497 e. The molecule has 6 nitrogen and oxygen atoms in total. The number of rotatable bonds is 7. The van der Waals surface area contributed by atoms with Crippen molar-refractivity contribution in [3.8, 4) is 16.9 Å². The van der Waals surface area contributed by atoms with Crippen molar-refractivity contribution in [3.05, 3.63) is 99.3 Å². The van der Waals surface area contributed by atoms with E-state index in [4.69, 9.17) is 27.9 Å². The molecule has 4 aromatic rings. The second-order valence-electron chi connectivity index (χ2n) is 7.38. The van der Waals surface area contributed by atoms with Crippen LogP contribution in [0.5, 0.6) is 5.75 Å². The summed E-state index contributed by atoms with van der Waals surface area (Å²) in [6.45, 7) is -0.0506. The highest BCUT2D eigenvalue weighted by molar-refractivity contribution is 6.42. The lowest BCUT2D eigenvalue weighted by molar-refractivity contribution is 0.0344. The van der Waals surface area contributed by atoms with Gasteiger partial charge in [0.2, 0.25) is 0 Å². The quantitative estimate of drug-likeness (QED) is 0.327.